The Bertz CT molecular complexity index is 952. The Balaban J connectivity index is 0. The third-order valence-electron chi connectivity index (χ3n) is 3.35. The van der Waals surface area contributed by atoms with E-state index in [4.69, 9.17) is 9.47 Å². The molecule has 124 valence electrons. The molecule has 3 aromatic rings. The van der Waals surface area contributed by atoms with Crippen LogP contribution in [-0.4, -0.2) is 33.4 Å². The zero-order chi connectivity index (χ0) is 16.4. The predicted octanol–water partition coefficient (Wildman–Crippen LogP) is -4.19. The van der Waals surface area contributed by atoms with Gasteiger partial charge < -0.3 is 22.3 Å². The van der Waals surface area contributed by atoms with Gasteiger partial charge in [-0.2, -0.15) is 0 Å². The average molecular weight is 381 g/mol. The number of fused-ring (bicyclic) bond motifs is 1. The zero-order valence-corrected chi connectivity index (χ0v) is 19.4. The number of nitrogens with zero attached hydrogens (tertiary/aromatic N) is 1. The molecule has 10 heteroatoms. The number of benzene rings is 1. The number of methoxy groups -OCH3 is 2. The molecular formula is C15H17N3Na2O4S. The first-order valence-corrected chi connectivity index (χ1v) is 8.11. The van der Waals surface area contributed by atoms with Crippen molar-refractivity contribution in [2.45, 2.75) is 10.9 Å². The molecule has 1 aromatic carbocycles. The quantitative estimate of drug-likeness (QED) is 0.437. The number of rotatable bonds is 5. The first-order chi connectivity index (χ1) is 11.1. The molecule has 3 rings (SSSR count). The Morgan fingerprint density at radius 3 is 2.64 bits per heavy atom. The summed E-state index contributed by atoms with van der Waals surface area (Å²) in [6.45, 7) is 0. The molecule has 0 aliphatic heterocycles. The number of aromatic nitrogens is 3. The van der Waals surface area contributed by atoms with E-state index in [0.717, 1.165) is 5.52 Å². The fraction of sp³-hybridized carbons (Fsp3) is 0.200. The van der Waals surface area contributed by atoms with Gasteiger partial charge in [-0.25, -0.2) is 4.98 Å². The Kier molecular flexibility index (Phi) is 8.90. The minimum atomic E-state index is -1.45. The molecule has 0 bridgehead atoms. The van der Waals surface area contributed by atoms with Crippen LogP contribution in [-0.2, 0) is 16.6 Å². The van der Waals surface area contributed by atoms with Gasteiger partial charge in [0, 0.05) is 18.3 Å². The largest absolute Gasteiger partial charge is 1.00 e. The van der Waals surface area contributed by atoms with Gasteiger partial charge in [0.1, 0.15) is 5.75 Å². The van der Waals surface area contributed by atoms with Crippen molar-refractivity contribution in [1.82, 2.24) is 15.0 Å². The van der Waals surface area contributed by atoms with Crippen LogP contribution in [0.2, 0.25) is 0 Å². The van der Waals surface area contributed by atoms with Crippen LogP contribution in [0.15, 0.2) is 40.4 Å². The molecular weight excluding hydrogens is 364 g/mol. The first kappa shape index (κ1) is 22.4. The van der Waals surface area contributed by atoms with Crippen molar-refractivity contribution >= 4 is 21.8 Å². The Morgan fingerprint density at radius 2 is 1.96 bits per heavy atom. The zero-order valence-electron chi connectivity index (χ0n) is 16.6. The van der Waals surface area contributed by atoms with E-state index < -0.39 is 10.8 Å². The predicted molar refractivity (Wildman–Crippen MR) is 88.6 cm³/mol. The molecule has 1 unspecified atom stereocenters. The van der Waals surface area contributed by atoms with Crippen molar-refractivity contribution in [2.24, 2.45) is 0 Å². The summed E-state index contributed by atoms with van der Waals surface area (Å²) in [5.74, 6) is 0.946. The second-order valence-electron chi connectivity index (χ2n) is 4.77. The maximum atomic E-state index is 12.5. The van der Waals surface area contributed by atoms with Crippen LogP contribution in [0.25, 0.3) is 11.0 Å². The van der Waals surface area contributed by atoms with Crippen LogP contribution in [0.1, 0.15) is 8.55 Å². The molecule has 0 saturated carbocycles. The van der Waals surface area contributed by atoms with Crippen LogP contribution in [0.4, 0.5) is 0 Å². The van der Waals surface area contributed by atoms with E-state index in [1.807, 2.05) is 0 Å². The van der Waals surface area contributed by atoms with E-state index >= 15 is 0 Å². The average Bonchev–Trinajstić information content (AvgIpc) is 2.98. The molecule has 2 N–H and O–H groups in total. The summed E-state index contributed by atoms with van der Waals surface area (Å²) in [4.78, 5) is 22.0. The maximum Gasteiger partial charge on any atom is 1.00 e. The number of pyridine rings is 1. The summed E-state index contributed by atoms with van der Waals surface area (Å²) < 4.78 is 22.8. The summed E-state index contributed by atoms with van der Waals surface area (Å²) in [5, 5.41) is 0.333. The van der Waals surface area contributed by atoms with Crippen molar-refractivity contribution in [3.63, 3.8) is 0 Å². The molecule has 7 nitrogen and oxygen atoms in total. The van der Waals surface area contributed by atoms with E-state index in [-0.39, 0.29) is 78.9 Å². The first-order valence-electron chi connectivity index (χ1n) is 6.79. The van der Waals surface area contributed by atoms with Gasteiger partial charge in [-0.05, 0) is 12.1 Å². The van der Waals surface area contributed by atoms with Gasteiger partial charge in [-0.3, -0.25) is 9.00 Å². The third kappa shape index (κ3) is 4.97. The van der Waals surface area contributed by atoms with E-state index in [2.05, 4.69) is 15.0 Å². The number of aromatic amines is 2. The van der Waals surface area contributed by atoms with Crippen molar-refractivity contribution in [3.8, 4) is 11.5 Å². The van der Waals surface area contributed by atoms with Crippen LogP contribution in [0, 0.1) is 0 Å². The third-order valence-corrected chi connectivity index (χ3v) is 4.53. The minimum Gasteiger partial charge on any atom is -1.00 e. The van der Waals surface area contributed by atoms with Crippen molar-refractivity contribution in [3.05, 3.63) is 46.4 Å². The van der Waals surface area contributed by atoms with Crippen LogP contribution in [0.5, 0.6) is 11.5 Å². The van der Waals surface area contributed by atoms with Gasteiger partial charge in [0.25, 0.3) is 0 Å². The Hall–Kier alpha value is -0.610. The molecule has 0 aliphatic rings. The second kappa shape index (κ2) is 9.91. The minimum absolute atomic E-state index is 0. The molecule has 0 radical (unpaired) electrons. The standard InChI is InChI=1S/C15H15N3O4S.2Na.2H/c1-21-9-3-4-10-11(7-9)18-15(17-10)23(20)8-12-14(22-2)13(19)5-6-16-12;;;;/h3-7H,8H2,1-2H3,(H,16,19)(H,17,18);;;;/q;2*+1;2*-1. The Morgan fingerprint density at radius 1 is 1.20 bits per heavy atom. The smallest absolute Gasteiger partial charge is 1.00 e. The van der Waals surface area contributed by atoms with E-state index in [0.29, 0.717) is 22.1 Å². The van der Waals surface area contributed by atoms with Crippen molar-refractivity contribution in [1.29, 1.82) is 0 Å². The summed E-state index contributed by atoms with van der Waals surface area (Å²) in [6, 6.07) is 6.72. The Labute approximate surface area is 193 Å². The van der Waals surface area contributed by atoms with Crippen molar-refractivity contribution < 1.29 is 75.7 Å². The van der Waals surface area contributed by atoms with Gasteiger partial charge in [0.05, 0.1) is 47.5 Å². The van der Waals surface area contributed by atoms with E-state index in [1.165, 1.54) is 19.4 Å². The van der Waals surface area contributed by atoms with E-state index in [9.17, 15) is 9.00 Å². The summed E-state index contributed by atoms with van der Waals surface area (Å²) in [6.07, 6.45) is 1.50. The van der Waals surface area contributed by atoms with Gasteiger partial charge in [-0.1, -0.05) is 0 Å². The van der Waals surface area contributed by atoms with E-state index in [1.54, 1.807) is 25.3 Å². The van der Waals surface area contributed by atoms with Crippen molar-refractivity contribution in [2.75, 3.05) is 14.2 Å². The molecule has 2 heterocycles. The normalized spacial score (nSPS) is 11.3. The molecule has 25 heavy (non-hydrogen) atoms. The van der Waals surface area contributed by atoms with Crippen LogP contribution >= 0.6 is 0 Å². The number of nitrogens with one attached hydrogen (secondary N) is 2. The molecule has 2 aromatic heterocycles. The number of imidazole rings is 1. The fourth-order valence-corrected chi connectivity index (χ4v) is 3.28. The second-order valence-corrected chi connectivity index (χ2v) is 6.14. The summed E-state index contributed by atoms with van der Waals surface area (Å²) >= 11 is 0. The number of H-pyrrole nitrogens is 2. The van der Waals surface area contributed by atoms with Crippen LogP contribution < -0.4 is 74.0 Å². The number of hydrogen-bond acceptors (Lipinski definition) is 5. The topological polar surface area (TPSA) is 97.1 Å². The summed E-state index contributed by atoms with van der Waals surface area (Å²) in [7, 11) is 1.53. The molecule has 0 saturated heterocycles. The van der Waals surface area contributed by atoms with Gasteiger partial charge in [0.15, 0.2) is 10.9 Å². The molecule has 0 amide bonds. The molecule has 1 atom stereocenters. The maximum absolute atomic E-state index is 12.5. The molecule has 0 aliphatic carbocycles. The SMILES string of the molecule is COc1ccc2nc(S(=O)Cc3[nH]ccc(=O)c3OC)[nH]c2c1.[H-].[H-].[Na+].[Na+]. The van der Waals surface area contributed by atoms with Gasteiger partial charge >= 0.3 is 59.1 Å². The molecule has 0 spiro atoms. The van der Waals surface area contributed by atoms with Gasteiger partial charge in [-0.15, -0.1) is 0 Å². The monoisotopic (exact) mass is 381 g/mol. The molecule has 0 fully saturated rings. The van der Waals surface area contributed by atoms with Gasteiger partial charge in [0.2, 0.25) is 5.43 Å². The van der Waals surface area contributed by atoms with Crippen LogP contribution in [0.3, 0.4) is 0 Å². The summed E-state index contributed by atoms with van der Waals surface area (Å²) in [5.41, 5.74) is 1.65. The fourth-order valence-electron chi connectivity index (χ4n) is 2.24. The number of hydrogen-bond donors (Lipinski definition) is 2. The number of ether oxygens (including phenoxy) is 2.